The van der Waals surface area contributed by atoms with Gasteiger partial charge in [-0.05, 0) is 24.3 Å². The molecule has 2 aromatic rings. The fraction of sp³-hybridized carbons (Fsp3) is 0.0714. The summed E-state index contributed by atoms with van der Waals surface area (Å²) < 4.78 is 18.0. The van der Waals surface area contributed by atoms with Crippen LogP contribution in [0.4, 0.5) is 10.1 Å². The third-order valence-electron chi connectivity index (χ3n) is 2.63. The first kappa shape index (κ1) is 15.0. The molecule has 0 heterocycles. The predicted molar refractivity (Wildman–Crippen MR) is 75.0 cm³/mol. The third-order valence-corrected chi connectivity index (χ3v) is 3.75. The third kappa shape index (κ3) is 3.38. The highest BCUT2D eigenvalue weighted by Crippen LogP contribution is 2.37. The lowest BCUT2D eigenvalue weighted by Gasteiger charge is -2.07. The fourth-order valence-corrected chi connectivity index (χ4v) is 2.74. The van der Waals surface area contributed by atoms with Crippen LogP contribution in [0.25, 0.3) is 0 Å². The van der Waals surface area contributed by atoms with Crippen LogP contribution < -0.4 is 0 Å². The minimum absolute atomic E-state index is 0.122. The molecule has 0 spiro atoms. The summed E-state index contributed by atoms with van der Waals surface area (Å²) in [5, 5.41) is 11.0. The van der Waals surface area contributed by atoms with Gasteiger partial charge in [-0.3, -0.25) is 10.1 Å². The molecule has 2 aromatic carbocycles. The van der Waals surface area contributed by atoms with Gasteiger partial charge in [0.25, 0.3) is 5.69 Å². The number of nitro benzene ring substituents is 1. The van der Waals surface area contributed by atoms with Crippen LogP contribution in [0.1, 0.15) is 10.4 Å². The van der Waals surface area contributed by atoms with E-state index in [4.69, 9.17) is 0 Å². The minimum atomic E-state index is -0.595. The Hall–Kier alpha value is -2.41. The van der Waals surface area contributed by atoms with Crippen molar-refractivity contribution in [1.29, 1.82) is 0 Å². The number of nitro groups is 1. The van der Waals surface area contributed by atoms with Crippen molar-refractivity contribution in [2.75, 3.05) is 7.11 Å². The van der Waals surface area contributed by atoms with E-state index in [0.717, 1.165) is 30.0 Å². The highest BCUT2D eigenvalue weighted by atomic mass is 32.2. The van der Waals surface area contributed by atoms with Crippen molar-refractivity contribution < 1.29 is 18.8 Å². The molecule has 0 atom stereocenters. The lowest BCUT2D eigenvalue weighted by Crippen LogP contribution is -2.02. The summed E-state index contributed by atoms with van der Waals surface area (Å²) in [5.74, 6) is -1.14. The molecule has 0 fully saturated rings. The molecular formula is C14H10FNO4S. The summed E-state index contributed by atoms with van der Waals surface area (Å²) in [6.45, 7) is 0. The summed E-state index contributed by atoms with van der Waals surface area (Å²) in [5.41, 5.74) is 0.0460. The zero-order chi connectivity index (χ0) is 15.4. The Morgan fingerprint density at radius 2 is 1.95 bits per heavy atom. The Morgan fingerprint density at radius 3 is 2.62 bits per heavy atom. The van der Waals surface area contributed by atoms with E-state index in [1.807, 2.05) is 0 Å². The van der Waals surface area contributed by atoms with Gasteiger partial charge in [0.05, 0.1) is 22.5 Å². The Labute approximate surface area is 123 Å². The summed E-state index contributed by atoms with van der Waals surface area (Å²) in [6, 6.07) is 9.67. The van der Waals surface area contributed by atoms with Crippen LogP contribution in [0.5, 0.6) is 0 Å². The quantitative estimate of drug-likeness (QED) is 0.489. The van der Waals surface area contributed by atoms with Gasteiger partial charge in [0.15, 0.2) is 0 Å². The van der Waals surface area contributed by atoms with Crippen molar-refractivity contribution in [3.05, 3.63) is 64.0 Å². The van der Waals surface area contributed by atoms with Crippen LogP contribution in [-0.4, -0.2) is 18.0 Å². The molecule has 0 saturated heterocycles. The first-order chi connectivity index (χ1) is 10.0. The largest absolute Gasteiger partial charge is 0.465 e. The SMILES string of the molecule is COC(=O)c1ccccc1Sc1cc(F)ccc1[N+](=O)[O-]. The van der Waals surface area contributed by atoms with E-state index in [1.165, 1.54) is 7.11 Å². The van der Waals surface area contributed by atoms with Crippen LogP contribution in [0.2, 0.25) is 0 Å². The predicted octanol–water partition coefficient (Wildman–Crippen LogP) is 3.67. The van der Waals surface area contributed by atoms with Gasteiger partial charge < -0.3 is 4.74 Å². The van der Waals surface area contributed by atoms with Gasteiger partial charge in [-0.15, -0.1) is 0 Å². The molecule has 0 aliphatic carbocycles. The molecule has 0 unspecified atom stereocenters. The molecule has 108 valence electrons. The molecule has 0 aliphatic rings. The van der Waals surface area contributed by atoms with Crippen molar-refractivity contribution in [3.8, 4) is 0 Å². The normalized spacial score (nSPS) is 10.2. The van der Waals surface area contributed by atoms with E-state index in [-0.39, 0.29) is 16.1 Å². The first-order valence-corrected chi connectivity index (χ1v) is 6.63. The molecule has 0 saturated carbocycles. The maximum absolute atomic E-state index is 13.3. The average molecular weight is 307 g/mol. The van der Waals surface area contributed by atoms with Crippen LogP contribution in [0.3, 0.4) is 0 Å². The molecule has 0 aliphatic heterocycles. The number of ether oxygens (including phenoxy) is 1. The number of esters is 1. The van der Waals surface area contributed by atoms with Crippen LogP contribution >= 0.6 is 11.8 Å². The van der Waals surface area contributed by atoms with Crippen molar-refractivity contribution in [1.82, 2.24) is 0 Å². The van der Waals surface area contributed by atoms with Gasteiger partial charge in [0, 0.05) is 11.0 Å². The molecule has 0 aromatic heterocycles. The monoisotopic (exact) mass is 307 g/mol. The number of halogens is 1. The van der Waals surface area contributed by atoms with Crippen LogP contribution in [0.15, 0.2) is 52.3 Å². The van der Waals surface area contributed by atoms with E-state index in [0.29, 0.717) is 4.90 Å². The van der Waals surface area contributed by atoms with Gasteiger partial charge in [-0.25, -0.2) is 9.18 Å². The number of benzene rings is 2. The van der Waals surface area contributed by atoms with E-state index in [9.17, 15) is 19.3 Å². The van der Waals surface area contributed by atoms with E-state index in [1.54, 1.807) is 24.3 Å². The zero-order valence-electron chi connectivity index (χ0n) is 10.9. The van der Waals surface area contributed by atoms with Crippen LogP contribution in [-0.2, 0) is 4.74 Å². The molecule has 2 rings (SSSR count). The highest BCUT2D eigenvalue weighted by Gasteiger charge is 2.19. The number of hydrogen-bond acceptors (Lipinski definition) is 5. The molecule has 0 amide bonds. The lowest BCUT2D eigenvalue weighted by molar-refractivity contribution is -0.387. The number of methoxy groups -OCH3 is 1. The first-order valence-electron chi connectivity index (χ1n) is 5.82. The van der Waals surface area contributed by atoms with Crippen molar-refractivity contribution >= 4 is 23.4 Å². The lowest BCUT2D eigenvalue weighted by atomic mass is 10.2. The summed E-state index contributed by atoms with van der Waals surface area (Å²) in [4.78, 5) is 22.6. The van der Waals surface area contributed by atoms with E-state index < -0.39 is 16.7 Å². The van der Waals surface area contributed by atoms with Gasteiger partial charge in [-0.2, -0.15) is 0 Å². The second kappa shape index (κ2) is 6.36. The molecule has 7 heteroatoms. The zero-order valence-corrected chi connectivity index (χ0v) is 11.7. The number of rotatable bonds is 4. The molecule has 0 radical (unpaired) electrons. The van der Waals surface area contributed by atoms with E-state index in [2.05, 4.69) is 4.74 Å². The van der Waals surface area contributed by atoms with Crippen molar-refractivity contribution in [3.63, 3.8) is 0 Å². The Kier molecular flexibility index (Phi) is 4.54. The molecule has 0 bridgehead atoms. The van der Waals surface area contributed by atoms with Crippen molar-refractivity contribution in [2.45, 2.75) is 9.79 Å². The Balaban J connectivity index is 2.46. The maximum atomic E-state index is 13.3. The number of carbonyl (C=O) groups is 1. The molecular weight excluding hydrogens is 297 g/mol. The molecule has 5 nitrogen and oxygen atoms in total. The number of nitrogens with zero attached hydrogens (tertiary/aromatic N) is 1. The second-order valence-electron chi connectivity index (χ2n) is 3.96. The van der Waals surface area contributed by atoms with Gasteiger partial charge in [0.2, 0.25) is 0 Å². The van der Waals surface area contributed by atoms with Crippen molar-refractivity contribution in [2.24, 2.45) is 0 Å². The topological polar surface area (TPSA) is 69.4 Å². The second-order valence-corrected chi connectivity index (χ2v) is 5.04. The highest BCUT2D eigenvalue weighted by molar-refractivity contribution is 7.99. The van der Waals surface area contributed by atoms with E-state index >= 15 is 0 Å². The Morgan fingerprint density at radius 1 is 1.24 bits per heavy atom. The smallest absolute Gasteiger partial charge is 0.339 e. The molecule has 21 heavy (non-hydrogen) atoms. The maximum Gasteiger partial charge on any atom is 0.339 e. The molecule has 0 N–H and O–H groups in total. The van der Waals surface area contributed by atoms with Gasteiger partial charge in [0.1, 0.15) is 5.82 Å². The Bertz CT molecular complexity index is 705. The number of carbonyl (C=O) groups excluding carboxylic acids is 1. The summed E-state index contributed by atoms with van der Waals surface area (Å²) >= 11 is 0.945. The standard InChI is InChI=1S/C14H10FNO4S/c1-20-14(17)10-4-2-3-5-12(10)21-13-8-9(15)6-7-11(13)16(18)19/h2-8H,1H3. The average Bonchev–Trinajstić information content (AvgIpc) is 2.47. The number of hydrogen-bond donors (Lipinski definition) is 0. The fourth-order valence-electron chi connectivity index (χ4n) is 1.67. The summed E-state index contributed by atoms with van der Waals surface area (Å²) in [6.07, 6.45) is 0. The summed E-state index contributed by atoms with van der Waals surface area (Å²) in [7, 11) is 1.24. The van der Waals surface area contributed by atoms with Gasteiger partial charge in [-0.1, -0.05) is 23.9 Å². The minimum Gasteiger partial charge on any atom is -0.465 e. The van der Waals surface area contributed by atoms with Crippen LogP contribution in [0, 0.1) is 15.9 Å². The van der Waals surface area contributed by atoms with Gasteiger partial charge >= 0.3 is 5.97 Å².